The monoisotopic (exact) mass is 389 g/mol. The number of nitrogens with zero attached hydrogens (tertiary/aromatic N) is 1. The summed E-state index contributed by atoms with van der Waals surface area (Å²) in [6.07, 6.45) is 3.92. The van der Waals surface area contributed by atoms with E-state index in [1.165, 1.54) is 13.3 Å². The van der Waals surface area contributed by atoms with E-state index in [0.29, 0.717) is 22.5 Å². The summed E-state index contributed by atoms with van der Waals surface area (Å²) in [5.41, 5.74) is 4.89. The van der Waals surface area contributed by atoms with E-state index in [2.05, 4.69) is 22.5 Å². The minimum atomic E-state index is -0.443. The predicted molar refractivity (Wildman–Crippen MR) is 114 cm³/mol. The Morgan fingerprint density at radius 2 is 1.86 bits per heavy atom. The molecule has 6 heteroatoms. The van der Waals surface area contributed by atoms with E-state index >= 15 is 0 Å². The van der Waals surface area contributed by atoms with Crippen LogP contribution in [-0.2, 0) is 11.2 Å². The number of rotatable bonds is 6. The summed E-state index contributed by atoms with van der Waals surface area (Å²) in [7, 11) is 1.34. The molecule has 0 saturated carbocycles. The molecule has 6 nitrogen and oxygen atoms in total. The number of anilines is 3. The van der Waals surface area contributed by atoms with Crippen molar-refractivity contribution in [1.82, 2.24) is 4.98 Å². The fourth-order valence-electron chi connectivity index (χ4n) is 3.06. The van der Waals surface area contributed by atoms with Crippen LogP contribution in [0.2, 0.25) is 0 Å². The smallest absolute Gasteiger partial charge is 0.339 e. The number of para-hydroxylation sites is 2. The number of methoxy groups -OCH3 is 1. The van der Waals surface area contributed by atoms with Crippen LogP contribution in [0.1, 0.15) is 38.8 Å². The molecule has 2 aromatic carbocycles. The number of nitrogens with one attached hydrogen (secondary N) is 2. The maximum atomic E-state index is 12.8. The van der Waals surface area contributed by atoms with Gasteiger partial charge in [-0.05, 0) is 42.7 Å². The van der Waals surface area contributed by atoms with E-state index in [1.54, 1.807) is 30.5 Å². The number of aryl methyl sites for hydroxylation is 2. The van der Waals surface area contributed by atoms with Crippen molar-refractivity contribution in [3.63, 3.8) is 0 Å². The fourth-order valence-corrected chi connectivity index (χ4v) is 3.06. The molecule has 1 aromatic heterocycles. The maximum Gasteiger partial charge on any atom is 0.339 e. The van der Waals surface area contributed by atoms with Crippen LogP contribution in [0.5, 0.6) is 0 Å². The molecule has 3 rings (SSSR count). The van der Waals surface area contributed by atoms with Crippen molar-refractivity contribution in [2.75, 3.05) is 17.7 Å². The van der Waals surface area contributed by atoms with Gasteiger partial charge in [-0.1, -0.05) is 37.3 Å². The molecule has 29 heavy (non-hydrogen) atoms. The quantitative estimate of drug-likeness (QED) is 0.596. The lowest BCUT2D eigenvalue weighted by Crippen LogP contribution is -2.15. The van der Waals surface area contributed by atoms with Gasteiger partial charge in [0.15, 0.2) is 0 Å². The standard InChI is InChI=1S/C23H23N3O3/c1-4-16-9-7-8-15(2)21(16)26-22(27)17-12-18(14-24-13-17)25-20-11-6-5-10-19(20)23(28)29-3/h5-14,25H,4H2,1-3H3,(H,26,27). The largest absolute Gasteiger partial charge is 0.465 e. The molecule has 0 saturated heterocycles. The average Bonchev–Trinajstić information content (AvgIpc) is 2.75. The molecule has 0 atom stereocenters. The summed E-state index contributed by atoms with van der Waals surface area (Å²) in [6.45, 7) is 4.02. The highest BCUT2D eigenvalue weighted by atomic mass is 16.5. The van der Waals surface area contributed by atoms with Gasteiger partial charge in [0.05, 0.1) is 35.8 Å². The van der Waals surface area contributed by atoms with Crippen LogP contribution in [0.3, 0.4) is 0 Å². The summed E-state index contributed by atoms with van der Waals surface area (Å²) in [5.74, 6) is -0.687. The average molecular weight is 389 g/mol. The second-order valence-electron chi connectivity index (χ2n) is 6.54. The number of pyridine rings is 1. The number of amides is 1. The Kier molecular flexibility index (Phi) is 6.24. The first-order valence-electron chi connectivity index (χ1n) is 9.32. The van der Waals surface area contributed by atoms with E-state index in [-0.39, 0.29) is 5.91 Å². The lowest BCUT2D eigenvalue weighted by molar-refractivity contribution is 0.0601. The molecular weight excluding hydrogens is 366 g/mol. The molecule has 1 amide bonds. The first kappa shape index (κ1) is 20.1. The van der Waals surface area contributed by atoms with Crippen molar-refractivity contribution >= 4 is 28.9 Å². The predicted octanol–water partition coefficient (Wildman–Crippen LogP) is 4.73. The highest BCUT2D eigenvalue weighted by Gasteiger charge is 2.14. The van der Waals surface area contributed by atoms with Crippen LogP contribution >= 0.6 is 0 Å². The number of carbonyl (C=O) groups is 2. The number of esters is 1. The topological polar surface area (TPSA) is 80.3 Å². The van der Waals surface area contributed by atoms with Crippen molar-refractivity contribution in [2.24, 2.45) is 0 Å². The van der Waals surface area contributed by atoms with Crippen LogP contribution in [-0.4, -0.2) is 24.0 Å². The zero-order valence-electron chi connectivity index (χ0n) is 16.7. The van der Waals surface area contributed by atoms with Crippen molar-refractivity contribution in [3.05, 3.63) is 83.2 Å². The van der Waals surface area contributed by atoms with Crippen LogP contribution in [0, 0.1) is 6.92 Å². The first-order chi connectivity index (χ1) is 14.0. The number of ether oxygens (including phenoxy) is 1. The Balaban J connectivity index is 1.84. The van der Waals surface area contributed by atoms with Crippen molar-refractivity contribution in [1.29, 1.82) is 0 Å². The molecule has 0 spiro atoms. The van der Waals surface area contributed by atoms with E-state index in [4.69, 9.17) is 4.74 Å². The van der Waals surface area contributed by atoms with Crippen LogP contribution in [0.15, 0.2) is 60.9 Å². The van der Waals surface area contributed by atoms with Gasteiger partial charge in [0.1, 0.15) is 0 Å². The summed E-state index contributed by atoms with van der Waals surface area (Å²) in [4.78, 5) is 28.9. The van der Waals surface area contributed by atoms with Gasteiger partial charge in [0, 0.05) is 11.9 Å². The molecular formula is C23H23N3O3. The molecule has 0 aliphatic carbocycles. The summed E-state index contributed by atoms with van der Waals surface area (Å²) >= 11 is 0. The first-order valence-corrected chi connectivity index (χ1v) is 9.32. The summed E-state index contributed by atoms with van der Waals surface area (Å²) in [6, 6.07) is 14.6. The molecule has 2 N–H and O–H groups in total. The van der Waals surface area contributed by atoms with E-state index in [1.807, 2.05) is 31.2 Å². The number of carbonyl (C=O) groups excluding carboxylic acids is 2. The maximum absolute atomic E-state index is 12.8. The molecule has 0 radical (unpaired) electrons. The zero-order valence-corrected chi connectivity index (χ0v) is 16.7. The van der Waals surface area contributed by atoms with Gasteiger partial charge < -0.3 is 15.4 Å². The third-order valence-corrected chi connectivity index (χ3v) is 4.59. The van der Waals surface area contributed by atoms with E-state index in [9.17, 15) is 9.59 Å². The molecule has 0 bridgehead atoms. The van der Waals surface area contributed by atoms with E-state index in [0.717, 1.165) is 23.2 Å². The second-order valence-corrected chi connectivity index (χ2v) is 6.54. The number of hydrogen-bond acceptors (Lipinski definition) is 5. The highest BCUT2D eigenvalue weighted by Crippen LogP contribution is 2.24. The summed E-state index contributed by atoms with van der Waals surface area (Å²) in [5, 5.41) is 6.13. The highest BCUT2D eigenvalue weighted by molar-refractivity contribution is 6.05. The Morgan fingerprint density at radius 1 is 1.07 bits per heavy atom. The number of hydrogen-bond donors (Lipinski definition) is 2. The second kappa shape index (κ2) is 9.01. The third kappa shape index (κ3) is 4.60. The zero-order chi connectivity index (χ0) is 20.8. The van der Waals surface area contributed by atoms with Gasteiger partial charge in [-0.25, -0.2) is 4.79 Å². The molecule has 0 fully saturated rings. The Labute approximate surface area is 169 Å². The Morgan fingerprint density at radius 3 is 2.62 bits per heavy atom. The fraction of sp³-hybridized carbons (Fsp3) is 0.174. The molecule has 0 aliphatic heterocycles. The van der Waals surface area contributed by atoms with Gasteiger partial charge in [0.2, 0.25) is 0 Å². The van der Waals surface area contributed by atoms with Gasteiger partial charge in [0.25, 0.3) is 5.91 Å². The minimum absolute atomic E-state index is 0.244. The van der Waals surface area contributed by atoms with Crippen LogP contribution in [0.4, 0.5) is 17.1 Å². The number of aromatic nitrogens is 1. The van der Waals surface area contributed by atoms with Crippen molar-refractivity contribution in [2.45, 2.75) is 20.3 Å². The normalized spacial score (nSPS) is 10.3. The molecule has 148 valence electrons. The lowest BCUT2D eigenvalue weighted by atomic mass is 10.1. The summed E-state index contributed by atoms with van der Waals surface area (Å²) < 4.78 is 4.82. The van der Waals surface area contributed by atoms with Crippen LogP contribution < -0.4 is 10.6 Å². The molecule has 0 unspecified atom stereocenters. The Hall–Kier alpha value is -3.67. The van der Waals surface area contributed by atoms with Gasteiger partial charge >= 0.3 is 5.97 Å². The number of benzene rings is 2. The van der Waals surface area contributed by atoms with Crippen LogP contribution in [0.25, 0.3) is 0 Å². The van der Waals surface area contributed by atoms with Gasteiger partial charge in [-0.3, -0.25) is 9.78 Å². The SMILES string of the molecule is CCc1cccc(C)c1NC(=O)c1cncc(Nc2ccccc2C(=O)OC)c1. The lowest BCUT2D eigenvalue weighted by Gasteiger charge is -2.14. The van der Waals surface area contributed by atoms with Gasteiger partial charge in [-0.15, -0.1) is 0 Å². The van der Waals surface area contributed by atoms with Crippen molar-refractivity contribution in [3.8, 4) is 0 Å². The molecule has 3 aromatic rings. The van der Waals surface area contributed by atoms with Gasteiger partial charge in [-0.2, -0.15) is 0 Å². The Bertz CT molecular complexity index is 1050. The molecule has 1 heterocycles. The third-order valence-electron chi connectivity index (χ3n) is 4.59. The van der Waals surface area contributed by atoms with E-state index < -0.39 is 5.97 Å². The molecule has 0 aliphatic rings. The van der Waals surface area contributed by atoms with Crippen molar-refractivity contribution < 1.29 is 14.3 Å². The minimum Gasteiger partial charge on any atom is -0.465 e.